The Labute approximate surface area is 142 Å². The van der Waals surface area contributed by atoms with Gasteiger partial charge in [0.05, 0.1) is 18.7 Å². The Balaban J connectivity index is 1.78. The van der Waals surface area contributed by atoms with Crippen LogP contribution in [-0.2, 0) is 9.59 Å². The van der Waals surface area contributed by atoms with Gasteiger partial charge in [0.1, 0.15) is 5.75 Å². The van der Waals surface area contributed by atoms with Crippen LogP contribution in [0.3, 0.4) is 0 Å². The van der Waals surface area contributed by atoms with Crippen LogP contribution in [0, 0.1) is 12.8 Å². The van der Waals surface area contributed by atoms with Gasteiger partial charge >= 0.3 is 0 Å². The smallest absolute Gasteiger partial charge is 0.228 e. The van der Waals surface area contributed by atoms with Gasteiger partial charge in [0, 0.05) is 38.6 Å². The van der Waals surface area contributed by atoms with Gasteiger partial charge in [-0.05, 0) is 31.5 Å². The van der Waals surface area contributed by atoms with Crippen molar-refractivity contribution in [2.24, 2.45) is 5.92 Å². The molecule has 6 nitrogen and oxygen atoms in total. The number of piperazine rings is 1. The van der Waals surface area contributed by atoms with Crippen molar-refractivity contribution in [3.8, 4) is 5.75 Å². The van der Waals surface area contributed by atoms with Gasteiger partial charge in [-0.15, -0.1) is 0 Å². The molecule has 24 heavy (non-hydrogen) atoms. The zero-order valence-corrected chi connectivity index (χ0v) is 14.5. The van der Waals surface area contributed by atoms with Crippen molar-refractivity contribution in [2.75, 3.05) is 38.2 Å². The summed E-state index contributed by atoms with van der Waals surface area (Å²) in [4.78, 5) is 29.0. The Hall–Kier alpha value is -2.08. The molecule has 0 radical (unpaired) electrons. The van der Waals surface area contributed by atoms with E-state index in [2.05, 4.69) is 5.32 Å². The highest BCUT2D eigenvalue weighted by Gasteiger charge is 2.39. The fourth-order valence-electron chi connectivity index (χ4n) is 3.52. The summed E-state index contributed by atoms with van der Waals surface area (Å²) in [6.07, 6.45) is 0.270. The molecule has 0 bridgehead atoms. The van der Waals surface area contributed by atoms with E-state index in [-0.39, 0.29) is 30.2 Å². The predicted octanol–water partition coefficient (Wildman–Crippen LogP) is 1.18. The van der Waals surface area contributed by atoms with Crippen LogP contribution in [0.4, 0.5) is 5.69 Å². The van der Waals surface area contributed by atoms with E-state index in [0.29, 0.717) is 18.8 Å². The van der Waals surface area contributed by atoms with Crippen molar-refractivity contribution < 1.29 is 14.3 Å². The van der Waals surface area contributed by atoms with Gasteiger partial charge in [-0.3, -0.25) is 9.59 Å². The zero-order chi connectivity index (χ0) is 17.3. The largest absolute Gasteiger partial charge is 0.495 e. The topological polar surface area (TPSA) is 61.9 Å². The maximum atomic E-state index is 12.8. The van der Waals surface area contributed by atoms with Crippen LogP contribution in [0.1, 0.15) is 18.9 Å². The van der Waals surface area contributed by atoms with Gasteiger partial charge in [-0.1, -0.05) is 6.07 Å². The first-order chi connectivity index (χ1) is 11.5. The van der Waals surface area contributed by atoms with Crippen LogP contribution < -0.4 is 15.0 Å². The lowest BCUT2D eigenvalue weighted by atomic mass is 10.0. The number of hydrogen-bond donors (Lipinski definition) is 1. The minimum absolute atomic E-state index is 0.0139. The Morgan fingerprint density at radius 3 is 2.88 bits per heavy atom. The fraction of sp³-hybridized carbons (Fsp3) is 0.556. The number of rotatable bonds is 3. The molecule has 1 aromatic carbocycles. The van der Waals surface area contributed by atoms with E-state index in [9.17, 15) is 9.59 Å². The molecule has 0 aliphatic carbocycles. The molecule has 3 rings (SSSR count). The summed E-state index contributed by atoms with van der Waals surface area (Å²) >= 11 is 0. The summed E-state index contributed by atoms with van der Waals surface area (Å²) in [6.45, 7) is 6.78. The van der Waals surface area contributed by atoms with E-state index in [1.165, 1.54) is 0 Å². The average Bonchev–Trinajstić information content (AvgIpc) is 2.96. The summed E-state index contributed by atoms with van der Waals surface area (Å²) in [5, 5.41) is 3.29. The first kappa shape index (κ1) is 16.8. The van der Waals surface area contributed by atoms with E-state index in [0.717, 1.165) is 24.3 Å². The number of benzene rings is 1. The highest BCUT2D eigenvalue weighted by molar-refractivity contribution is 6.01. The van der Waals surface area contributed by atoms with Crippen LogP contribution in [0.2, 0.25) is 0 Å². The molecule has 0 spiro atoms. The molecule has 1 aromatic rings. The van der Waals surface area contributed by atoms with E-state index in [1.807, 2.05) is 36.9 Å². The molecule has 0 aromatic heterocycles. The van der Waals surface area contributed by atoms with Crippen molar-refractivity contribution in [1.29, 1.82) is 0 Å². The van der Waals surface area contributed by atoms with Crippen LogP contribution >= 0.6 is 0 Å². The molecule has 0 saturated carbocycles. The van der Waals surface area contributed by atoms with Crippen molar-refractivity contribution in [3.63, 3.8) is 0 Å². The third-order valence-electron chi connectivity index (χ3n) is 4.88. The van der Waals surface area contributed by atoms with Crippen LogP contribution in [-0.4, -0.2) is 56.0 Å². The summed E-state index contributed by atoms with van der Waals surface area (Å²) in [6, 6.07) is 5.93. The number of carbonyl (C=O) groups excluding carboxylic acids is 2. The maximum Gasteiger partial charge on any atom is 0.228 e. The van der Waals surface area contributed by atoms with Crippen molar-refractivity contribution in [1.82, 2.24) is 10.2 Å². The van der Waals surface area contributed by atoms with Crippen LogP contribution in [0.15, 0.2) is 18.2 Å². The quantitative estimate of drug-likeness (QED) is 0.903. The summed E-state index contributed by atoms with van der Waals surface area (Å²) in [5.41, 5.74) is 1.82. The number of aryl methyl sites for hydroxylation is 1. The Morgan fingerprint density at radius 1 is 1.38 bits per heavy atom. The second-order valence-electron chi connectivity index (χ2n) is 6.67. The Kier molecular flexibility index (Phi) is 4.76. The number of carbonyl (C=O) groups is 2. The monoisotopic (exact) mass is 331 g/mol. The molecule has 2 atom stereocenters. The number of amides is 2. The molecule has 1 N–H and O–H groups in total. The molecular formula is C18H25N3O3. The highest BCUT2D eigenvalue weighted by atomic mass is 16.5. The van der Waals surface area contributed by atoms with Crippen LogP contribution in [0.5, 0.6) is 5.75 Å². The minimum Gasteiger partial charge on any atom is -0.495 e. The van der Waals surface area contributed by atoms with E-state index < -0.39 is 0 Å². The van der Waals surface area contributed by atoms with Gasteiger partial charge < -0.3 is 19.9 Å². The number of anilines is 1. The van der Waals surface area contributed by atoms with Crippen molar-refractivity contribution in [3.05, 3.63) is 23.8 Å². The van der Waals surface area contributed by atoms with E-state index >= 15 is 0 Å². The van der Waals surface area contributed by atoms with Gasteiger partial charge in [-0.2, -0.15) is 0 Å². The third-order valence-corrected chi connectivity index (χ3v) is 4.88. The molecular weight excluding hydrogens is 306 g/mol. The second kappa shape index (κ2) is 6.81. The molecule has 130 valence electrons. The number of nitrogens with zero attached hydrogens (tertiary/aromatic N) is 2. The van der Waals surface area contributed by atoms with Crippen LogP contribution in [0.25, 0.3) is 0 Å². The van der Waals surface area contributed by atoms with Crippen molar-refractivity contribution in [2.45, 2.75) is 26.3 Å². The lowest BCUT2D eigenvalue weighted by Gasteiger charge is -2.35. The van der Waals surface area contributed by atoms with Gasteiger partial charge in [0.2, 0.25) is 11.8 Å². The molecule has 2 heterocycles. The molecule has 1 unspecified atom stereocenters. The summed E-state index contributed by atoms with van der Waals surface area (Å²) < 4.78 is 5.39. The number of hydrogen-bond acceptors (Lipinski definition) is 4. The predicted molar refractivity (Wildman–Crippen MR) is 92.2 cm³/mol. The average molecular weight is 331 g/mol. The van der Waals surface area contributed by atoms with Gasteiger partial charge in [-0.25, -0.2) is 0 Å². The SMILES string of the molecule is COc1ccc(C)cc1N1CC(C(=O)N2CCNC[C@@H]2C)CC1=O. The number of nitrogens with one attached hydrogen (secondary N) is 1. The van der Waals surface area contributed by atoms with Gasteiger partial charge in [0.15, 0.2) is 0 Å². The third kappa shape index (κ3) is 3.11. The first-order valence-corrected chi connectivity index (χ1v) is 8.47. The molecule has 2 fully saturated rings. The second-order valence-corrected chi connectivity index (χ2v) is 6.67. The lowest BCUT2D eigenvalue weighted by molar-refractivity contribution is -0.138. The molecule has 6 heteroatoms. The molecule has 2 aliphatic rings. The minimum atomic E-state index is -0.275. The molecule has 2 saturated heterocycles. The highest BCUT2D eigenvalue weighted by Crippen LogP contribution is 2.34. The standard InChI is InChI=1S/C18H25N3O3/c1-12-4-5-16(24-3)15(8-12)21-11-14(9-17(21)22)18(23)20-7-6-19-10-13(20)2/h4-5,8,13-14,19H,6-7,9-11H2,1-3H3/t13-,14?/m0/s1. The number of methoxy groups -OCH3 is 1. The molecule has 2 aliphatic heterocycles. The normalized spacial score (nSPS) is 24.4. The lowest BCUT2D eigenvalue weighted by Crippen LogP contribution is -2.54. The van der Waals surface area contributed by atoms with Crippen molar-refractivity contribution >= 4 is 17.5 Å². The Morgan fingerprint density at radius 2 is 2.17 bits per heavy atom. The van der Waals surface area contributed by atoms with E-state index in [1.54, 1.807) is 12.0 Å². The fourth-order valence-corrected chi connectivity index (χ4v) is 3.52. The first-order valence-electron chi connectivity index (χ1n) is 8.47. The maximum absolute atomic E-state index is 12.8. The Bertz CT molecular complexity index is 646. The molecule has 2 amide bonds. The van der Waals surface area contributed by atoms with Gasteiger partial charge in [0.25, 0.3) is 0 Å². The van der Waals surface area contributed by atoms with E-state index in [4.69, 9.17) is 4.74 Å². The number of ether oxygens (including phenoxy) is 1. The zero-order valence-electron chi connectivity index (χ0n) is 14.5. The summed E-state index contributed by atoms with van der Waals surface area (Å²) in [5.74, 6) is 0.465. The summed E-state index contributed by atoms with van der Waals surface area (Å²) in [7, 11) is 1.60.